The van der Waals surface area contributed by atoms with Crippen LogP contribution in [-0.2, 0) is 4.79 Å². The number of nitrogens with zero attached hydrogens (tertiary/aromatic N) is 1. The van der Waals surface area contributed by atoms with E-state index in [1.165, 1.54) is 0 Å². The number of aromatic nitrogens is 1. The van der Waals surface area contributed by atoms with Crippen LogP contribution in [0.3, 0.4) is 0 Å². The maximum Gasteiger partial charge on any atom is 0.255 e. The van der Waals surface area contributed by atoms with E-state index in [0.717, 1.165) is 43.5 Å². The number of para-hydroxylation sites is 2. The summed E-state index contributed by atoms with van der Waals surface area (Å²) in [6, 6.07) is 10.7. The lowest BCUT2D eigenvalue weighted by atomic mass is 10.1. The van der Waals surface area contributed by atoms with Gasteiger partial charge in [-0.3, -0.25) is 14.6 Å². The van der Waals surface area contributed by atoms with Crippen LogP contribution < -0.4 is 21.7 Å². The van der Waals surface area contributed by atoms with Gasteiger partial charge in [0.1, 0.15) is 0 Å². The number of benzene rings is 1. The van der Waals surface area contributed by atoms with Crippen LogP contribution in [-0.4, -0.2) is 29.9 Å². The summed E-state index contributed by atoms with van der Waals surface area (Å²) in [5.74, 6) is -0.286. The number of hydrogen-bond acceptors (Lipinski definition) is 5. The number of nitrogens with one attached hydrogen (secondary N) is 3. The third-order valence-corrected chi connectivity index (χ3v) is 5.14. The van der Waals surface area contributed by atoms with Gasteiger partial charge in [-0.2, -0.15) is 0 Å². The Morgan fingerprint density at radius 3 is 2.29 bits per heavy atom. The van der Waals surface area contributed by atoms with E-state index < -0.39 is 0 Å². The Morgan fingerprint density at radius 2 is 1.63 bits per heavy atom. The van der Waals surface area contributed by atoms with Gasteiger partial charge in [0.15, 0.2) is 0 Å². The molecule has 1 heterocycles. The van der Waals surface area contributed by atoms with Gasteiger partial charge in [-0.05, 0) is 70.0 Å². The van der Waals surface area contributed by atoms with Gasteiger partial charge >= 0.3 is 0 Å². The summed E-state index contributed by atoms with van der Waals surface area (Å²) < 4.78 is 0. The molecule has 35 heavy (non-hydrogen) atoms. The minimum atomic E-state index is -0.205. The van der Waals surface area contributed by atoms with E-state index in [2.05, 4.69) is 20.9 Å². The number of carbonyl (C=O) groups is 2. The molecule has 0 spiro atoms. The van der Waals surface area contributed by atoms with Crippen LogP contribution in [0.5, 0.6) is 0 Å². The number of unbranched alkanes of at least 4 members (excludes halogenated alkanes) is 3. The number of hydrogen-bond donors (Lipinski definition) is 4. The van der Waals surface area contributed by atoms with Gasteiger partial charge in [0.05, 0.1) is 16.9 Å². The Hall–Kier alpha value is -3.87. The molecule has 2 aromatic rings. The molecule has 0 saturated carbocycles. The molecular weight excluding hydrogens is 438 g/mol. The third kappa shape index (κ3) is 10.7. The van der Waals surface area contributed by atoms with Gasteiger partial charge in [0.25, 0.3) is 11.8 Å². The smallest absolute Gasteiger partial charge is 0.255 e. The molecule has 0 radical (unpaired) electrons. The Labute approximate surface area is 208 Å². The molecule has 0 aliphatic rings. The average molecular weight is 476 g/mol. The van der Waals surface area contributed by atoms with Crippen LogP contribution in [0, 0.1) is 0 Å². The lowest BCUT2D eigenvalue weighted by Gasteiger charge is -2.09. The summed E-state index contributed by atoms with van der Waals surface area (Å²) in [6.45, 7) is 7.41. The highest BCUT2D eigenvalue weighted by Crippen LogP contribution is 2.18. The van der Waals surface area contributed by atoms with Crippen molar-refractivity contribution in [2.75, 3.05) is 24.1 Å². The molecule has 0 aliphatic heterocycles. The molecule has 5 N–H and O–H groups in total. The predicted octanol–water partition coefficient (Wildman–Crippen LogP) is 4.98. The molecule has 0 saturated heterocycles. The summed E-state index contributed by atoms with van der Waals surface area (Å²) in [4.78, 5) is 28.7. The third-order valence-electron chi connectivity index (χ3n) is 5.14. The molecule has 0 fully saturated rings. The molecule has 0 aliphatic carbocycles. The van der Waals surface area contributed by atoms with Crippen LogP contribution in [0.25, 0.3) is 0 Å². The van der Waals surface area contributed by atoms with E-state index in [4.69, 9.17) is 5.73 Å². The van der Waals surface area contributed by atoms with Crippen molar-refractivity contribution in [3.05, 3.63) is 89.4 Å². The van der Waals surface area contributed by atoms with Crippen LogP contribution in [0.2, 0.25) is 0 Å². The second-order valence-corrected chi connectivity index (χ2v) is 8.57. The van der Waals surface area contributed by atoms with Gasteiger partial charge in [0.2, 0.25) is 0 Å². The summed E-state index contributed by atoms with van der Waals surface area (Å²) in [7, 11) is 0. The van der Waals surface area contributed by atoms with Gasteiger partial charge in [-0.1, -0.05) is 36.6 Å². The zero-order valence-corrected chi connectivity index (χ0v) is 20.9. The summed E-state index contributed by atoms with van der Waals surface area (Å²) in [5, 5.41) is 9.19. The first-order valence-corrected chi connectivity index (χ1v) is 12.0. The fourth-order valence-corrected chi connectivity index (χ4v) is 3.27. The Morgan fingerprint density at radius 1 is 0.914 bits per heavy atom. The number of allylic oxidation sites excluding steroid dienone is 4. The van der Waals surface area contributed by atoms with E-state index in [1.807, 2.05) is 51.1 Å². The fraction of sp³-hybridized carbons (Fsp3) is 0.321. The highest BCUT2D eigenvalue weighted by molar-refractivity contribution is 6.07. The molecule has 2 rings (SSSR count). The van der Waals surface area contributed by atoms with E-state index in [0.29, 0.717) is 29.1 Å². The van der Waals surface area contributed by atoms with Crippen molar-refractivity contribution in [1.82, 2.24) is 15.6 Å². The summed E-state index contributed by atoms with van der Waals surface area (Å²) in [6.07, 6.45) is 12.9. The summed E-state index contributed by atoms with van der Waals surface area (Å²) in [5.41, 5.74) is 10.2. The molecule has 1 aromatic carbocycles. The number of rotatable bonds is 13. The highest BCUT2D eigenvalue weighted by atomic mass is 16.2. The van der Waals surface area contributed by atoms with E-state index in [1.54, 1.807) is 36.7 Å². The first kappa shape index (κ1) is 27.4. The van der Waals surface area contributed by atoms with Crippen molar-refractivity contribution in [3.8, 4) is 0 Å². The second-order valence-electron chi connectivity index (χ2n) is 8.57. The quantitative estimate of drug-likeness (QED) is 0.141. The largest absolute Gasteiger partial charge is 0.397 e. The molecule has 1 aromatic heterocycles. The Kier molecular flexibility index (Phi) is 11.8. The van der Waals surface area contributed by atoms with Gasteiger partial charge < -0.3 is 21.7 Å². The molecule has 7 nitrogen and oxygen atoms in total. The molecule has 2 amide bonds. The Balaban J connectivity index is 1.72. The average Bonchev–Trinajstić information content (AvgIpc) is 2.84. The van der Waals surface area contributed by atoms with Crippen molar-refractivity contribution in [2.45, 2.75) is 46.5 Å². The van der Waals surface area contributed by atoms with Crippen molar-refractivity contribution in [3.63, 3.8) is 0 Å². The predicted molar refractivity (Wildman–Crippen MR) is 144 cm³/mol. The lowest BCUT2D eigenvalue weighted by Crippen LogP contribution is -2.24. The molecular formula is C28H37N5O2. The molecule has 0 atom stereocenters. The van der Waals surface area contributed by atoms with Crippen molar-refractivity contribution in [1.29, 1.82) is 0 Å². The van der Waals surface area contributed by atoms with Gasteiger partial charge in [-0.25, -0.2) is 0 Å². The van der Waals surface area contributed by atoms with Crippen molar-refractivity contribution >= 4 is 23.2 Å². The molecule has 186 valence electrons. The number of anilines is 2. The fourth-order valence-electron chi connectivity index (χ4n) is 3.27. The molecule has 0 unspecified atom stereocenters. The van der Waals surface area contributed by atoms with Crippen LogP contribution >= 0.6 is 0 Å². The molecule has 7 heteroatoms. The Bertz CT molecular complexity index is 1050. The van der Waals surface area contributed by atoms with Gasteiger partial charge in [-0.15, -0.1) is 0 Å². The SMILES string of the molecule is CC(C)=C/C(=C\C=C(/C)NCCCCCCNC(=O)c1cccnc1)C(=O)Nc1ccccc1N. The number of nitrogens with two attached hydrogens (primary N) is 1. The number of carbonyl (C=O) groups excluding carboxylic acids is 2. The first-order valence-electron chi connectivity index (χ1n) is 12.0. The number of amides is 2. The number of pyridine rings is 1. The zero-order valence-electron chi connectivity index (χ0n) is 20.9. The van der Waals surface area contributed by atoms with Gasteiger partial charge in [0, 0.05) is 36.8 Å². The van der Waals surface area contributed by atoms with Crippen LogP contribution in [0.1, 0.15) is 56.8 Å². The maximum atomic E-state index is 12.8. The highest BCUT2D eigenvalue weighted by Gasteiger charge is 2.09. The maximum absolute atomic E-state index is 12.8. The van der Waals surface area contributed by atoms with Crippen molar-refractivity contribution in [2.24, 2.45) is 0 Å². The van der Waals surface area contributed by atoms with Crippen molar-refractivity contribution < 1.29 is 9.59 Å². The van der Waals surface area contributed by atoms with Crippen LogP contribution in [0.15, 0.2) is 83.9 Å². The zero-order chi connectivity index (χ0) is 25.5. The standard InChI is InChI=1S/C28H37N5O2/c1-21(2)19-23(28(35)33-26-13-7-6-12-25(26)29)15-14-22(3)31-17-8-4-5-9-18-32-27(34)24-11-10-16-30-20-24/h6-7,10-16,19-20,31H,4-5,8-9,17-18,29H2,1-3H3,(H,32,34)(H,33,35)/b22-14+,23-15+. The topological polar surface area (TPSA) is 109 Å². The van der Waals surface area contributed by atoms with E-state index in [9.17, 15) is 9.59 Å². The number of nitrogen functional groups attached to an aromatic ring is 1. The summed E-state index contributed by atoms with van der Waals surface area (Å²) >= 11 is 0. The minimum absolute atomic E-state index is 0.0815. The van der Waals surface area contributed by atoms with Crippen LogP contribution in [0.4, 0.5) is 11.4 Å². The minimum Gasteiger partial charge on any atom is -0.397 e. The second kappa shape index (κ2) is 15.1. The van der Waals surface area contributed by atoms with E-state index in [-0.39, 0.29) is 11.8 Å². The first-order chi connectivity index (χ1) is 16.9. The van der Waals surface area contributed by atoms with E-state index >= 15 is 0 Å². The normalized spacial score (nSPS) is 11.5. The lowest BCUT2D eigenvalue weighted by molar-refractivity contribution is -0.112. The molecule has 0 bridgehead atoms. The monoisotopic (exact) mass is 475 g/mol.